The molecule has 6 nitrogen and oxygen atoms in total. The molecule has 0 atom stereocenters. The fourth-order valence-corrected chi connectivity index (χ4v) is 1.94. The van der Waals surface area contributed by atoms with Gasteiger partial charge in [0.15, 0.2) is 0 Å². The lowest BCUT2D eigenvalue weighted by atomic mass is 10.4. The quantitative estimate of drug-likeness (QED) is 0.270. The van der Waals surface area contributed by atoms with Gasteiger partial charge in [-0.2, -0.15) is 0 Å². The van der Waals surface area contributed by atoms with Crippen LogP contribution in [0.15, 0.2) is 17.2 Å². The fourth-order valence-electron chi connectivity index (χ4n) is 0.975. The SMILES string of the molecule is CCOC(=O)CSc1cc([N+](=O)[O-])cc(Cl)n1. The van der Waals surface area contributed by atoms with Gasteiger partial charge in [-0.15, -0.1) is 0 Å². The van der Waals surface area contributed by atoms with Crippen molar-refractivity contribution in [2.24, 2.45) is 0 Å². The van der Waals surface area contributed by atoms with Crippen molar-refractivity contribution in [1.29, 1.82) is 0 Å². The summed E-state index contributed by atoms with van der Waals surface area (Å²) in [5, 5.41) is 10.9. The Labute approximate surface area is 106 Å². The Morgan fingerprint density at radius 2 is 2.35 bits per heavy atom. The van der Waals surface area contributed by atoms with Crippen LogP contribution in [0.4, 0.5) is 5.69 Å². The third-order valence-electron chi connectivity index (χ3n) is 1.61. The molecule has 0 bridgehead atoms. The number of nitrogens with zero attached hydrogens (tertiary/aromatic N) is 2. The Hall–Kier alpha value is -1.34. The largest absolute Gasteiger partial charge is 0.465 e. The molecule has 0 saturated carbocycles. The van der Waals surface area contributed by atoms with E-state index in [4.69, 9.17) is 16.3 Å². The molecule has 0 N–H and O–H groups in total. The van der Waals surface area contributed by atoms with Crippen LogP contribution < -0.4 is 0 Å². The molecule has 0 aromatic carbocycles. The number of nitro groups is 1. The molecule has 1 rings (SSSR count). The summed E-state index contributed by atoms with van der Waals surface area (Å²) in [6.07, 6.45) is 0. The number of aromatic nitrogens is 1. The maximum absolute atomic E-state index is 11.1. The second-order valence-corrected chi connectivity index (χ2v) is 4.22. The standard InChI is InChI=1S/C9H9ClN2O4S/c1-2-16-9(13)5-17-8-4-6(12(14)15)3-7(10)11-8/h3-4H,2,5H2,1H3. The molecule has 0 unspecified atom stereocenters. The molecule has 1 aromatic rings. The molecule has 92 valence electrons. The van der Waals surface area contributed by atoms with Gasteiger partial charge in [-0.25, -0.2) is 4.98 Å². The van der Waals surface area contributed by atoms with Crippen molar-refractivity contribution in [3.05, 3.63) is 27.4 Å². The maximum atomic E-state index is 11.1. The van der Waals surface area contributed by atoms with Crippen molar-refractivity contribution in [3.63, 3.8) is 0 Å². The van der Waals surface area contributed by atoms with Gasteiger partial charge in [0.05, 0.1) is 23.3 Å². The van der Waals surface area contributed by atoms with E-state index < -0.39 is 10.9 Å². The molecule has 0 amide bonds. The van der Waals surface area contributed by atoms with E-state index in [-0.39, 0.29) is 16.6 Å². The highest BCUT2D eigenvalue weighted by Crippen LogP contribution is 2.24. The van der Waals surface area contributed by atoms with E-state index in [0.717, 1.165) is 17.8 Å². The van der Waals surface area contributed by atoms with Crippen LogP contribution in [0, 0.1) is 10.1 Å². The minimum atomic E-state index is -0.567. The molecule has 8 heteroatoms. The predicted molar refractivity (Wildman–Crippen MR) is 63.3 cm³/mol. The van der Waals surface area contributed by atoms with Crippen LogP contribution >= 0.6 is 23.4 Å². The van der Waals surface area contributed by atoms with Crippen molar-refractivity contribution in [1.82, 2.24) is 4.98 Å². The van der Waals surface area contributed by atoms with Gasteiger partial charge >= 0.3 is 5.97 Å². The number of esters is 1. The van der Waals surface area contributed by atoms with E-state index in [2.05, 4.69) is 4.98 Å². The number of rotatable bonds is 5. The predicted octanol–water partition coefficient (Wildman–Crippen LogP) is 2.30. The van der Waals surface area contributed by atoms with Crippen molar-refractivity contribution >= 4 is 35.0 Å². The number of pyridine rings is 1. The zero-order valence-electron chi connectivity index (χ0n) is 8.88. The normalized spacial score (nSPS) is 10.0. The summed E-state index contributed by atoms with van der Waals surface area (Å²) in [6.45, 7) is 1.99. The maximum Gasteiger partial charge on any atom is 0.316 e. The highest BCUT2D eigenvalue weighted by Gasteiger charge is 2.12. The number of thioether (sulfide) groups is 1. The summed E-state index contributed by atoms with van der Waals surface area (Å²) in [5.41, 5.74) is -0.156. The van der Waals surface area contributed by atoms with E-state index in [0.29, 0.717) is 11.6 Å². The van der Waals surface area contributed by atoms with Gasteiger partial charge in [0.1, 0.15) is 10.2 Å². The van der Waals surface area contributed by atoms with Crippen LogP contribution in [0.3, 0.4) is 0 Å². The highest BCUT2D eigenvalue weighted by atomic mass is 35.5. The number of ether oxygens (including phenoxy) is 1. The first kappa shape index (κ1) is 13.7. The van der Waals surface area contributed by atoms with Crippen LogP contribution in [0.2, 0.25) is 5.15 Å². The minimum Gasteiger partial charge on any atom is -0.465 e. The Balaban J connectivity index is 2.71. The highest BCUT2D eigenvalue weighted by molar-refractivity contribution is 7.99. The lowest BCUT2D eigenvalue weighted by Gasteiger charge is -2.02. The van der Waals surface area contributed by atoms with Crippen molar-refractivity contribution in [3.8, 4) is 0 Å². The van der Waals surface area contributed by atoms with Gasteiger partial charge in [0, 0.05) is 6.07 Å². The first-order valence-electron chi connectivity index (χ1n) is 4.63. The average molecular weight is 277 g/mol. The molecule has 17 heavy (non-hydrogen) atoms. The van der Waals surface area contributed by atoms with Gasteiger partial charge in [0.25, 0.3) is 5.69 Å². The summed E-state index contributed by atoms with van der Waals surface area (Å²) in [6, 6.07) is 2.41. The lowest BCUT2D eigenvalue weighted by molar-refractivity contribution is -0.385. The van der Waals surface area contributed by atoms with Gasteiger partial charge in [-0.05, 0) is 6.92 Å². The first-order chi connectivity index (χ1) is 8.02. The van der Waals surface area contributed by atoms with Crippen molar-refractivity contribution in [2.45, 2.75) is 11.9 Å². The summed E-state index contributed by atoms with van der Waals surface area (Å²) < 4.78 is 4.72. The molecule has 1 aromatic heterocycles. The number of carbonyl (C=O) groups is 1. The third kappa shape index (κ3) is 4.58. The van der Waals surface area contributed by atoms with Crippen LogP contribution in [0.5, 0.6) is 0 Å². The van der Waals surface area contributed by atoms with Gasteiger partial charge in [-0.3, -0.25) is 14.9 Å². The smallest absolute Gasteiger partial charge is 0.316 e. The summed E-state index contributed by atoms with van der Waals surface area (Å²) in [4.78, 5) is 24.9. The molecule has 1 heterocycles. The molecular formula is C9H9ClN2O4S. The zero-order chi connectivity index (χ0) is 12.8. The summed E-state index contributed by atoms with van der Waals surface area (Å²) >= 11 is 6.67. The first-order valence-corrected chi connectivity index (χ1v) is 5.99. The van der Waals surface area contributed by atoms with E-state index in [1.165, 1.54) is 6.07 Å². The molecule has 0 aliphatic rings. The van der Waals surface area contributed by atoms with E-state index in [1.807, 2.05) is 0 Å². The number of hydrogen-bond acceptors (Lipinski definition) is 6. The molecule has 0 radical (unpaired) electrons. The molecule has 0 saturated heterocycles. The van der Waals surface area contributed by atoms with Crippen LogP contribution in [0.25, 0.3) is 0 Å². The van der Waals surface area contributed by atoms with E-state index >= 15 is 0 Å². The Kier molecular flexibility index (Phi) is 5.17. The van der Waals surface area contributed by atoms with Gasteiger partial charge < -0.3 is 4.74 Å². The Morgan fingerprint density at radius 1 is 1.65 bits per heavy atom. The van der Waals surface area contributed by atoms with E-state index in [9.17, 15) is 14.9 Å². The molecule has 0 aliphatic carbocycles. The topological polar surface area (TPSA) is 82.3 Å². The summed E-state index contributed by atoms with van der Waals surface area (Å²) in [5.74, 6) is -0.361. The number of carbonyl (C=O) groups excluding carboxylic acids is 1. The molecular weight excluding hydrogens is 268 g/mol. The monoisotopic (exact) mass is 276 g/mol. The minimum absolute atomic E-state index is 0.0190. The van der Waals surface area contributed by atoms with Gasteiger partial charge in [-0.1, -0.05) is 23.4 Å². The lowest BCUT2D eigenvalue weighted by Crippen LogP contribution is -2.06. The Bertz CT molecular complexity index is 441. The Morgan fingerprint density at radius 3 is 2.94 bits per heavy atom. The van der Waals surface area contributed by atoms with Crippen molar-refractivity contribution < 1.29 is 14.5 Å². The van der Waals surface area contributed by atoms with E-state index in [1.54, 1.807) is 6.92 Å². The molecule has 0 fully saturated rings. The third-order valence-corrected chi connectivity index (χ3v) is 2.69. The van der Waals surface area contributed by atoms with Crippen LogP contribution in [-0.2, 0) is 9.53 Å². The zero-order valence-corrected chi connectivity index (χ0v) is 10.5. The van der Waals surface area contributed by atoms with Gasteiger partial charge in [0.2, 0.25) is 0 Å². The van der Waals surface area contributed by atoms with Crippen LogP contribution in [0.1, 0.15) is 6.92 Å². The number of halogens is 1. The summed E-state index contributed by atoms with van der Waals surface area (Å²) in [7, 11) is 0. The number of hydrogen-bond donors (Lipinski definition) is 0. The second-order valence-electron chi connectivity index (χ2n) is 2.84. The van der Waals surface area contributed by atoms with Crippen molar-refractivity contribution in [2.75, 3.05) is 12.4 Å². The average Bonchev–Trinajstić information content (AvgIpc) is 2.26. The molecule has 0 spiro atoms. The second kappa shape index (κ2) is 6.41. The fraction of sp³-hybridized carbons (Fsp3) is 0.333. The molecule has 0 aliphatic heterocycles. The van der Waals surface area contributed by atoms with Crippen LogP contribution in [-0.4, -0.2) is 28.2 Å².